The molecular formula is C21H31F3N4. The van der Waals surface area contributed by atoms with Crippen molar-refractivity contribution >= 4 is 5.96 Å². The molecule has 1 aromatic rings. The second-order valence-electron chi connectivity index (χ2n) is 8.17. The molecule has 1 aromatic carbocycles. The van der Waals surface area contributed by atoms with Crippen LogP contribution in [0.15, 0.2) is 35.3 Å². The highest BCUT2D eigenvalue weighted by atomic mass is 19.4. The number of halogens is 3. The van der Waals surface area contributed by atoms with E-state index in [2.05, 4.69) is 39.9 Å². The van der Waals surface area contributed by atoms with Crippen LogP contribution in [0.1, 0.15) is 37.7 Å². The molecule has 0 aromatic heterocycles. The van der Waals surface area contributed by atoms with Gasteiger partial charge < -0.3 is 10.6 Å². The first-order valence-electron chi connectivity index (χ1n) is 10.2. The zero-order chi connectivity index (χ0) is 20.0. The second kappa shape index (κ2) is 9.16. The Bertz CT molecular complexity index is 639. The summed E-state index contributed by atoms with van der Waals surface area (Å²) in [4.78, 5) is 5.81. The highest BCUT2D eigenvalue weighted by molar-refractivity contribution is 5.79. The zero-order valence-electron chi connectivity index (χ0n) is 16.6. The van der Waals surface area contributed by atoms with Crippen molar-refractivity contribution in [3.63, 3.8) is 0 Å². The van der Waals surface area contributed by atoms with Gasteiger partial charge in [-0.15, -0.1) is 0 Å². The van der Waals surface area contributed by atoms with Gasteiger partial charge in [0.15, 0.2) is 5.96 Å². The number of rotatable bonds is 6. The summed E-state index contributed by atoms with van der Waals surface area (Å²) in [5.74, 6) is 0.951. The molecule has 0 bridgehead atoms. The third-order valence-corrected chi connectivity index (χ3v) is 6.10. The number of hydrogen-bond donors (Lipinski definition) is 2. The van der Waals surface area contributed by atoms with E-state index in [-0.39, 0.29) is 11.3 Å². The van der Waals surface area contributed by atoms with E-state index in [0.717, 1.165) is 31.8 Å². The molecule has 1 saturated heterocycles. The topological polar surface area (TPSA) is 39.7 Å². The number of alkyl halides is 3. The average Bonchev–Trinajstić information content (AvgIpc) is 3.32. The van der Waals surface area contributed by atoms with Crippen molar-refractivity contribution in [1.82, 2.24) is 15.5 Å². The van der Waals surface area contributed by atoms with Crippen LogP contribution in [0, 0.1) is 5.92 Å². The Morgan fingerprint density at radius 2 is 1.89 bits per heavy atom. The van der Waals surface area contributed by atoms with Crippen molar-refractivity contribution in [2.24, 2.45) is 10.9 Å². The largest absolute Gasteiger partial charge is 0.401 e. The average molecular weight is 397 g/mol. The molecule has 1 aliphatic heterocycles. The Morgan fingerprint density at radius 1 is 1.18 bits per heavy atom. The lowest BCUT2D eigenvalue weighted by Gasteiger charge is -2.31. The summed E-state index contributed by atoms with van der Waals surface area (Å²) >= 11 is 0. The van der Waals surface area contributed by atoms with E-state index < -0.39 is 12.7 Å². The lowest BCUT2D eigenvalue weighted by molar-refractivity contribution is -0.143. The van der Waals surface area contributed by atoms with Gasteiger partial charge in [0.2, 0.25) is 0 Å². The molecule has 0 radical (unpaired) electrons. The fraction of sp³-hybridized carbons (Fsp3) is 0.667. The van der Waals surface area contributed by atoms with E-state index in [1.165, 1.54) is 23.3 Å². The van der Waals surface area contributed by atoms with Crippen LogP contribution in [0.3, 0.4) is 0 Å². The zero-order valence-corrected chi connectivity index (χ0v) is 16.6. The summed E-state index contributed by atoms with van der Waals surface area (Å²) in [6.45, 7) is 1.65. The molecule has 3 rings (SSSR count). The fourth-order valence-corrected chi connectivity index (χ4v) is 4.60. The Balaban J connectivity index is 1.48. The third kappa shape index (κ3) is 5.63. The van der Waals surface area contributed by atoms with Crippen LogP contribution in [-0.2, 0) is 5.41 Å². The summed E-state index contributed by atoms with van der Waals surface area (Å²) in [5.41, 5.74) is 1.50. The molecule has 1 saturated carbocycles. The molecule has 2 N–H and O–H groups in total. The van der Waals surface area contributed by atoms with E-state index in [9.17, 15) is 13.2 Å². The van der Waals surface area contributed by atoms with Crippen molar-refractivity contribution in [1.29, 1.82) is 0 Å². The van der Waals surface area contributed by atoms with Crippen LogP contribution < -0.4 is 10.6 Å². The molecule has 2 aliphatic rings. The van der Waals surface area contributed by atoms with Crippen molar-refractivity contribution < 1.29 is 13.2 Å². The second-order valence-corrected chi connectivity index (χ2v) is 8.17. The molecule has 1 aliphatic carbocycles. The normalized spacial score (nSPS) is 23.1. The van der Waals surface area contributed by atoms with Crippen LogP contribution in [0.25, 0.3) is 0 Å². The van der Waals surface area contributed by atoms with E-state index in [0.29, 0.717) is 19.6 Å². The van der Waals surface area contributed by atoms with Gasteiger partial charge in [0.25, 0.3) is 0 Å². The minimum atomic E-state index is -4.12. The standard InChI is InChI=1S/C21H31F3N4/c1-25-19(26-13-17-9-12-28(14-17)16-21(22,23)24)27-15-20(10-5-6-11-20)18-7-3-2-4-8-18/h2-4,7-8,17H,5-6,9-16H2,1H3,(H2,25,26,27). The minimum absolute atomic E-state index is 0.135. The van der Waals surface area contributed by atoms with E-state index in [1.54, 1.807) is 7.05 Å². The summed E-state index contributed by atoms with van der Waals surface area (Å²) in [6, 6.07) is 10.6. The smallest absolute Gasteiger partial charge is 0.356 e. The van der Waals surface area contributed by atoms with E-state index in [4.69, 9.17) is 0 Å². The van der Waals surface area contributed by atoms with Crippen LogP contribution in [0.5, 0.6) is 0 Å². The fourth-order valence-electron chi connectivity index (χ4n) is 4.60. The molecule has 0 spiro atoms. The van der Waals surface area contributed by atoms with Gasteiger partial charge in [-0.3, -0.25) is 9.89 Å². The highest BCUT2D eigenvalue weighted by Crippen LogP contribution is 2.40. The van der Waals surface area contributed by atoms with Gasteiger partial charge in [0, 0.05) is 32.1 Å². The number of hydrogen-bond acceptors (Lipinski definition) is 2. The lowest BCUT2D eigenvalue weighted by Crippen LogP contribution is -2.46. The molecule has 1 unspecified atom stereocenters. The molecule has 1 heterocycles. The van der Waals surface area contributed by atoms with Gasteiger partial charge in [0.05, 0.1) is 6.54 Å². The Kier molecular flexibility index (Phi) is 6.86. The Morgan fingerprint density at radius 3 is 2.54 bits per heavy atom. The molecule has 28 heavy (non-hydrogen) atoms. The van der Waals surface area contributed by atoms with Crippen molar-refractivity contribution in [3.05, 3.63) is 35.9 Å². The van der Waals surface area contributed by atoms with Gasteiger partial charge in [-0.2, -0.15) is 13.2 Å². The van der Waals surface area contributed by atoms with Crippen LogP contribution in [0.4, 0.5) is 13.2 Å². The van der Waals surface area contributed by atoms with Crippen molar-refractivity contribution in [3.8, 4) is 0 Å². The van der Waals surface area contributed by atoms with Crippen molar-refractivity contribution in [2.75, 3.05) is 39.8 Å². The summed E-state index contributed by atoms with van der Waals surface area (Å²) < 4.78 is 37.6. The number of benzene rings is 1. The SMILES string of the molecule is CN=C(NCC1CCN(CC(F)(F)F)C1)NCC1(c2ccccc2)CCCC1. The number of aliphatic imine (C=N–C) groups is 1. The van der Waals surface area contributed by atoms with Gasteiger partial charge in [-0.25, -0.2) is 0 Å². The van der Waals surface area contributed by atoms with Gasteiger partial charge in [-0.1, -0.05) is 43.2 Å². The lowest BCUT2D eigenvalue weighted by atomic mass is 9.79. The van der Waals surface area contributed by atoms with Crippen molar-refractivity contribution in [2.45, 2.75) is 43.7 Å². The molecule has 4 nitrogen and oxygen atoms in total. The van der Waals surface area contributed by atoms with Crippen LogP contribution >= 0.6 is 0 Å². The molecule has 7 heteroatoms. The third-order valence-electron chi connectivity index (χ3n) is 6.10. The predicted octanol–water partition coefficient (Wildman–Crippen LogP) is 3.55. The van der Waals surface area contributed by atoms with Gasteiger partial charge in [-0.05, 0) is 37.3 Å². The molecule has 2 fully saturated rings. The highest BCUT2D eigenvalue weighted by Gasteiger charge is 2.36. The molecule has 156 valence electrons. The van der Waals surface area contributed by atoms with E-state index >= 15 is 0 Å². The maximum atomic E-state index is 12.5. The maximum Gasteiger partial charge on any atom is 0.401 e. The minimum Gasteiger partial charge on any atom is -0.356 e. The summed E-state index contributed by atoms with van der Waals surface area (Å²) in [5, 5.41) is 6.79. The number of guanidine groups is 1. The monoisotopic (exact) mass is 396 g/mol. The van der Waals surface area contributed by atoms with Gasteiger partial charge >= 0.3 is 6.18 Å². The molecular weight excluding hydrogens is 365 g/mol. The number of likely N-dealkylation sites (tertiary alicyclic amines) is 1. The first kappa shape index (κ1) is 21.0. The maximum absolute atomic E-state index is 12.5. The molecule has 1 atom stereocenters. The number of nitrogens with zero attached hydrogens (tertiary/aromatic N) is 2. The van der Waals surface area contributed by atoms with E-state index in [1.807, 2.05) is 6.07 Å². The predicted molar refractivity (Wildman–Crippen MR) is 107 cm³/mol. The number of nitrogens with one attached hydrogen (secondary N) is 2. The van der Waals surface area contributed by atoms with Crippen LogP contribution in [0.2, 0.25) is 0 Å². The Labute approximate surface area is 165 Å². The molecule has 0 amide bonds. The Hall–Kier alpha value is -1.76. The quantitative estimate of drug-likeness (QED) is 0.571. The summed E-state index contributed by atoms with van der Waals surface area (Å²) in [7, 11) is 1.74. The van der Waals surface area contributed by atoms with Gasteiger partial charge in [0.1, 0.15) is 0 Å². The first-order valence-corrected chi connectivity index (χ1v) is 10.2. The van der Waals surface area contributed by atoms with Crippen LogP contribution in [-0.4, -0.2) is 56.8 Å². The summed E-state index contributed by atoms with van der Waals surface area (Å²) in [6.07, 6.45) is 1.46. The first-order chi connectivity index (χ1) is 13.4.